The summed E-state index contributed by atoms with van der Waals surface area (Å²) in [6, 6.07) is 12.6. The van der Waals surface area contributed by atoms with Gasteiger partial charge in [0.05, 0.1) is 16.8 Å². The summed E-state index contributed by atoms with van der Waals surface area (Å²) in [7, 11) is 0. The number of benzene rings is 2. The third-order valence-electron chi connectivity index (χ3n) is 5.29. The van der Waals surface area contributed by atoms with Crippen LogP contribution in [-0.2, 0) is 17.6 Å². The highest BCUT2D eigenvalue weighted by molar-refractivity contribution is 9.10. The number of ether oxygens (including phenoxy) is 1. The maximum atomic E-state index is 12.3. The van der Waals surface area contributed by atoms with E-state index in [1.54, 1.807) is 0 Å². The van der Waals surface area contributed by atoms with Crippen LogP contribution in [0.5, 0.6) is 5.75 Å². The molecule has 2 aromatic carbocycles. The van der Waals surface area contributed by atoms with Gasteiger partial charge in [0.1, 0.15) is 5.75 Å². The predicted octanol–water partition coefficient (Wildman–Crippen LogP) is 6.56. The number of hydrogen-bond acceptors (Lipinski definition) is 4. The molecule has 3 aromatic rings. The quantitative estimate of drug-likeness (QED) is 0.386. The minimum absolute atomic E-state index is 0.0343. The number of nitrogens with one attached hydrogen (secondary N) is 1. The Labute approximate surface area is 189 Å². The molecule has 0 saturated heterocycles. The zero-order chi connectivity index (χ0) is 20.9. The highest BCUT2D eigenvalue weighted by Crippen LogP contribution is 2.30. The Balaban J connectivity index is 1.27. The monoisotopic (exact) mass is 484 g/mol. The van der Waals surface area contributed by atoms with Crippen LogP contribution in [0.15, 0.2) is 46.3 Å². The van der Waals surface area contributed by atoms with Crippen LogP contribution in [-0.4, -0.2) is 17.5 Å². The molecule has 1 aliphatic rings. The van der Waals surface area contributed by atoms with Crippen molar-refractivity contribution < 1.29 is 9.53 Å². The number of rotatable bonds is 7. The Hall–Kier alpha value is -2.18. The van der Waals surface area contributed by atoms with Crippen molar-refractivity contribution in [2.75, 3.05) is 11.9 Å². The molecule has 1 heterocycles. The number of aryl methyl sites for hydroxylation is 3. The van der Waals surface area contributed by atoms with Gasteiger partial charge >= 0.3 is 0 Å². The van der Waals surface area contributed by atoms with Crippen LogP contribution < -0.4 is 10.1 Å². The van der Waals surface area contributed by atoms with Gasteiger partial charge in [-0.15, -0.1) is 11.3 Å². The standard InChI is InChI=1S/C24H25BrN2O2S/c1-16-8-11-22(20(25)13-16)29-12-4-7-23(28)27-24-26-21(15-30-24)19-10-9-17-5-2-3-6-18(17)14-19/h8-11,13-15H,2-7,12H2,1H3,(H,26,27,28). The second-order valence-electron chi connectivity index (χ2n) is 7.66. The second kappa shape index (κ2) is 9.75. The summed E-state index contributed by atoms with van der Waals surface area (Å²) >= 11 is 4.97. The zero-order valence-electron chi connectivity index (χ0n) is 17.0. The van der Waals surface area contributed by atoms with Gasteiger partial charge in [-0.05, 0) is 89.8 Å². The summed E-state index contributed by atoms with van der Waals surface area (Å²) in [6.45, 7) is 2.53. The van der Waals surface area contributed by atoms with Crippen molar-refractivity contribution in [3.05, 3.63) is 62.9 Å². The number of nitrogens with zero attached hydrogens (tertiary/aromatic N) is 1. The van der Waals surface area contributed by atoms with Crippen LogP contribution in [0.25, 0.3) is 11.3 Å². The Bertz CT molecular complexity index is 1050. The molecular weight excluding hydrogens is 460 g/mol. The Kier molecular flexibility index (Phi) is 6.85. The van der Waals surface area contributed by atoms with E-state index in [-0.39, 0.29) is 5.91 Å². The van der Waals surface area contributed by atoms with Crippen LogP contribution in [0.2, 0.25) is 0 Å². The SMILES string of the molecule is Cc1ccc(OCCCC(=O)Nc2nc(-c3ccc4c(c3)CCCC4)cs2)c(Br)c1. The van der Waals surface area contributed by atoms with Crippen LogP contribution in [0.4, 0.5) is 5.13 Å². The highest BCUT2D eigenvalue weighted by atomic mass is 79.9. The van der Waals surface area contributed by atoms with E-state index in [0.717, 1.165) is 27.9 Å². The van der Waals surface area contributed by atoms with Gasteiger partial charge in [0.15, 0.2) is 5.13 Å². The molecule has 1 N–H and O–H groups in total. The first-order chi connectivity index (χ1) is 14.6. The number of halogens is 1. The fraction of sp³-hybridized carbons (Fsp3) is 0.333. The third kappa shape index (κ3) is 5.29. The molecule has 156 valence electrons. The number of fused-ring (bicyclic) bond motifs is 1. The Morgan fingerprint density at radius 1 is 1.17 bits per heavy atom. The largest absolute Gasteiger partial charge is 0.492 e. The van der Waals surface area contributed by atoms with E-state index in [1.165, 1.54) is 47.3 Å². The van der Waals surface area contributed by atoms with Gasteiger partial charge in [0.2, 0.25) is 5.91 Å². The maximum absolute atomic E-state index is 12.3. The molecule has 1 amide bonds. The summed E-state index contributed by atoms with van der Waals surface area (Å²) in [6.07, 6.45) is 5.93. The number of hydrogen-bond donors (Lipinski definition) is 1. The lowest BCUT2D eigenvalue weighted by atomic mass is 9.90. The van der Waals surface area contributed by atoms with Gasteiger partial charge in [-0.3, -0.25) is 4.79 Å². The van der Waals surface area contributed by atoms with Crippen molar-refractivity contribution in [1.82, 2.24) is 4.98 Å². The molecule has 1 aromatic heterocycles. The van der Waals surface area contributed by atoms with Gasteiger partial charge in [0, 0.05) is 17.4 Å². The van der Waals surface area contributed by atoms with E-state index in [4.69, 9.17) is 4.74 Å². The zero-order valence-corrected chi connectivity index (χ0v) is 19.4. The van der Waals surface area contributed by atoms with Gasteiger partial charge in [0.25, 0.3) is 0 Å². The molecule has 0 saturated carbocycles. The van der Waals surface area contributed by atoms with Crippen molar-refractivity contribution >= 4 is 38.3 Å². The van der Waals surface area contributed by atoms with Gasteiger partial charge in [-0.25, -0.2) is 4.98 Å². The molecule has 0 bridgehead atoms. The lowest BCUT2D eigenvalue weighted by Crippen LogP contribution is -2.12. The smallest absolute Gasteiger partial charge is 0.226 e. The average Bonchev–Trinajstić information content (AvgIpc) is 3.20. The molecule has 4 rings (SSSR count). The Morgan fingerprint density at radius 3 is 2.83 bits per heavy atom. The van der Waals surface area contributed by atoms with Gasteiger partial charge in [-0.1, -0.05) is 18.2 Å². The first-order valence-electron chi connectivity index (χ1n) is 10.3. The number of thiazole rings is 1. The molecule has 0 radical (unpaired) electrons. The molecule has 0 spiro atoms. The third-order valence-corrected chi connectivity index (χ3v) is 6.67. The van der Waals surface area contributed by atoms with Crippen molar-refractivity contribution in [3.63, 3.8) is 0 Å². The van der Waals surface area contributed by atoms with E-state index in [0.29, 0.717) is 24.6 Å². The molecule has 6 heteroatoms. The number of carbonyl (C=O) groups is 1. The van der Waals surface area contributed by atoms with Crippen molar-refractivity contribution in [3.8, 4) is 17.0 Å². The molecule has 4 nitrogen and oxygen atoms in total. The van der Waals surface area contributed by atoms with Crippen LogP contribution in [0, 0.1) is 6.92 Å². The number of anilines is 1. The first kappa shape index (κ1) is 21.1. The maximum Gasteiger partial charge on any atom is 0.226 e. The topological polar surface area (TPSA) is 51.2 Å². The second-order valence-corrected chi connectivity index (χ2v) is 9.38. The first-order valence-corrected chi connectivity index (χ1v) is 12.0. The number of carbonyl (C=O) groups excluding carboxylic acids is 1. The molecule has 0 unspecified atom stereocenters. The summed E-state index contributed by atoms with van der Waals surface area (Å²) in [4.78, 5) is 16.9. The van der Waals surface area contributed by atoms with E-state index in [9.17, 15) is 4.79 Å². The van der Waals surface area contributed by atoms with Crippen molar-refractivity contribution in [2.24, 2.45) is 0 Å². The number of amides is 1. The van der Waals surface area contributed by atoms with E-state index < -0.39 is 0 Å². The minimum Gasteiger partial charge on any atom is -0.492 e. The van der Waals surface area contributed by atoms with Crippen LogP contribution in [0.1, 0.15) is 42.4 Å². The van der Waals surface area contributed by atoms with E-state index in [1.807, 2.05) is 30.5 Å². The summed E-state index contributed by atoms with van der Waals surface area (Å²) in [5.74, 6) is 0.767. The van der Waals surface area contributed by atoms with Crippen LogP contribution >= 0.6 is 27.3 Å². The van der Waals surface area contributed by atoms with Crippen molar-refractivity contribution in [1.29, 1.82) is 0 Å². The minimum atomic E-state index is -0.0343. The van der Waals surface area contributed by atoms with Crippen LogP contribution in [0.3, 0.4) is 0 Å². The summed E-state index contributed by atoms with van der Waals surface area (Å²) in [5, 5.41) is 5.58. The lowest BCUT2D eigenvalue weighted by Gasteiger charge is -2.16. The molecule has 0 atom stereocenters. The van der Waals surface area contributed by atoms with E-state index in [2.05, 4.69) is 44.4 Å². The Morgan fingerprint density at radius 2 is 2.00 bits per heavy atom. The predicted molar refractivity (Wildman–Crippen MR) is 126 cm³/mol. The fourth-order valence-electron chi connectivity index (χ4n) is 3.68. The summed E-state index contributed by atoms with van der Waals surface area (Å²) in [5.41, 5.74) is 6.14. The molecule has 0 aliphatic heterocycles. The van der Waals surface area contributed by atoms with E-state index >= 15 is 0 Å². The average molecular weight is 485 g/mol. The molecular formula is C24H25BrN2O2S. The normalized spacial score (nSPS) is 13.0. The van der Waals surface area contributed by atoms with Gasteiger partial charge in [-0.2, -0.15) is 0 Å². The fourth-order valence-corrected chi connectivity index (χ4v) is 5.02. The molecule has 1 aliphatic carbocycles. The molecule has 30 heavy (non-hydrogen) atoms. The number of aromatic nitrogens is 1. The lowest BCUT2D eigenvalue weighted by molar-refractivity contribution is -0.116. The molecule has 0 fully saturated rings. The van der Waals surface area contributed by atoms with Gasteiger partial charge < -0.3 is 10.1 Å². The van der Waals surface area contributed by atoms with Crippen molar-refractivity contribution in [2.45, 2.75) is 45.4 Å². The highest BCUT2D eigenvalue weighted by Gasteiger charge is 2.13. The summed E-state index contributed by atoms with van der Waals surface area (Å²) < 4.78 is 6.69.